The van der Waals surface area contributed by atoms with Gasteiger partial charge in [0.05, 0.1) is 25.7 Å². The van der Waals surface area contributed by atoms with Crippen molar-refractivity contribution in [3.8, 4) is 0 Å². The van der Waals surface area contributed by atoms with Crippen LogP contribution in [0.25, 0.3) is 0 Å². The molecule has 17 nitrogen and oxygen atoms in total. The van der Waals surface area contributed by atoms with Gasteiger partial charge in [0.2, 0.25) is 18.3 Å². The lowest BCUT2D eigenvalue weighted by molar-refractivity contribution is -0.182. The lowest BCUT2D eigenvalue weighted by atomic mass is 10.2. The van der Waals surface area contributed by atoms with E-state index < -0.39 is 111 Å². The van der Waals surface area contributed by atoms with Gasteiger partial charge in [0.15, 0.2) is 6.10 Å². The molecule has 0 N–H and O–H groups in total. The average molecular weight is 1120 g/mol. The van der Waals surface area contributed by atoms with Crippen LogP contribution in [0.5, 0.6) is 0 Å². The van der Waals surface area contributed by atoms with Gasteiger partial charge >= 0.3 is 47.8 Å². The third-order valence-electron chi connectivity index (χ3n) is 12.3. The quantitative estimate of drug-likeness (QED) is 0.0188. The number of hydrogen-bond donors (Lipinski definition) is 0. The Kier molecular flexibility index (Phi) is 23.4. The van der Waals surface area contributed by atoms with E-state index in [1.807, 2.05) is 81.4 Å². The Balaban J connectivity index is 1.28. The molecule has 0 fully saturated rings. The Hall–Kier alpha value is -9.00. The van der Waals surface area contributed by atoms with Gasteiger partial charge in [0.25, 0.3) is 8.32 Å². The molecule has 0 saturated heterocycles. The Labute approximate surface area is 471 Å². The van der Waals surface area contributed by atoms with Crippen LogP contribution in [-0.2, 0) is 107 Å². The third-order valence-corrected chi connectivity index (χ3v) is 17.3. The van der Waals surface area contributed by atoms with Gasteiger partial charge in [-0.3, -0.25) is 19.2 Å². The first-order chi connectivity index (χ1) is 39.0. The number of carbonyl (C=O) groups excluding carboxylic acids is 8. The van der Waals surface area contributed by atoms with Gasteiger partial charge in [-0.15, -0.1) is 0 Å². The predicted molar refractivity (Wildman–Crippen MR) is 297 cm³/mol. The zero-order valence-electron chi connectivity index (χ0n) is 45.2. The van der Waals surface area contributed by atoms with Crippen molar-refractivity contribution in [2.24, 2.45) is 0 Å². The van der Waals surface area contributed by atoms with E-state index in [1.165, 1.54) is 6.08 Å². The van der Waals surface area contributed by atoms with Gasteiger partial charge in [0.1, 0.15) is 33.0 Å². The van der Waals surface area contributed by atoms with Gasteiger partial charge in [-0.25, -0.2) is 19.2 Å². The van der Waals surface area contributed by atoms with Crippen molar-refractivity contribution in [1.29, 1.82) is 0 Å². The van der Waals surface area contributed by atoms with Gasteiger partial charge in [-0.2, -0.15) is 0 Å². The number of ether oxygens (including phenoxy) is 8. The van der Waals surface area contributed by atoms with E-state index >= 15 is 0 Å². The molecule has 81 heavy (non-hydrogen) atoms. The highest BCUT2D eigenvalue weighted by atomic mass is 28.4. The topological polar surface area (TPSA) is 220 Å². The Morgan fingerprint density at radius 3 is 0.926 bits per heavy atom. The van der Waals surface area contributed by atoms with Crippen LogP contribution >= 0.6 is 0 Å². The molecule has 6 aromatic rings. The first kappa shape index (κ1) is 61.2. The Morgan fingerprint density at radius 2 is 0.642 bits per heavy atom. The van der Waals surface area contributed by atoms with E-state index in [2.05, 4.69) is 6.58 Å². The molecule has 0 amide bonds. The summed E-state index contributed by atoms with van der Waals surface area (Å²) < 4.78 is 51.0. The minimum absolute atomic E-state index is 0.181. The zero-order valence-corrected chi connectivity index (χ0v) is 46.2. The molecule has 0 aliphatic heterocycles. The second-order valence-electron chi connectivity index (χ2n) is 19.4. The predicted octanol–water partition coefficient (Wildman–Crippen LogP) is 7.93. The van der Waals surface area contributed by atoms with Crippen LogP contribution in [-0.4, -0.2) is 87.1 Å². The lowest BCUT2D eigenvalue weighted by Gasteiger charge is -2.44. The molecule has 0 bridgehead atoms. The lowest BCUT2D eigenvalue weighted by Crippen LogP contribution is -2.68. The summed E-state index contributed by atoms with van der Waals surface area (Å²) in [4.78, 5) is 111. The maximum Gasteiger partial charge on any atom is 0.348 e. The highest BCUT2D eigenvalue weighted by molar-refractivity contribution is 6.99. The second-order valence-corrected chi connectivity index (χ2v) is 23.6. The fourth-order valence-electron chi connectivity index (χ4n) is 8.32. The number of esters is 8. The molecular weight excluding hydrogens is 1060 g/mol. The van der Waals surface area contributed by atoms with E-state index in [0.29, 0.717) is 22.3 Å². The van der Waals surface area contributed by atoms with E-state index in [-0.39, 0.29) is 33.0 Å². The van der Waals surface area contributed by atoms with Crippen LogP contribution in [0.3, 0.4) is 0 Å². The fraction of sp³-hybridized carbons (Fsp3) is 0.270. The molecule has 0 spiro atoms. The SMILES string of the molecule is C=CCOC(=O)C[C@H](OC(=O)C[C@H](OC(=O)C[C@H](OC(=O)C[C@H](O[Si](c1ccccc1)(c1ccccc1)C(C)(C)C)C(=O)OCc1ccccc1)C(=O)OCc1ccccc1)C(=O)OCc1ccccc1)C(=O)OCc1ccccc1. The molecular formula is C63H64O17Si. The summed E-state index contributed by atoms with van der Waals surface area (Å²) in [5.74, 6) is -9.37. The largest absolute Gasteiger partial charge is 0.461 e. The molecule has 0 aromatic heterocycles. The number of benzene rings is 6. The Bertz CT molecular complexity index is 2970. The van der Waals surface area contributed by atoms with Crippen LogP contribution in [0.15, 0.2) is 195 Å². The van der Waals surface area contributed by atoms with Gasteiger partial charge < -0.3 is 42.3 Å². The maximum atomic E-state index is 14.5. The molecule has 0 unspecified atom stereocenters. The number of carbonyl (C=O) groups is 8. The molecule has 0 aliphatic carbocycles. The summed E-state index contributed by atoms with van der Waals surface area (Å²) in [6.45, 7) is 8.07. The molecule has 4 atom stereocenters. The first-order valence-electron chi connectivity index (χ1n) is 26.0. The van der Waals surface area contributed by atoms with Crippen LogP contribution in [0, 0.1) is 0 Å². The van der Waals surface area contributed by atoms with E-state index in [1.54, 1.807) is 121 Å². The standard InChI is InChI=1S/C63H64O17Si/c1-5-36-72-55(64)37-51(59(68)73-41-45-24-12-6-13-25-45)77-56(65)38-52(60(69)74-42-46-26-14-7-15-27-46)78-57(66)39-53(61(70)75-43-47-28-16-8-17-29-47)79-58(67)40-54(62(71)76-44-48-30-18-9-19-31-48)80-81(63(2,3)4,49-32-20-10-21-33-49)50-34-22-11-23-35-50/h5-35,51-54H,1,36-44H2,2-4H3/t51-,52-,53-,54-/m0/s1. The summed E-state index contributed by atoms with van der Waals surface area (Å²) in [5.41, 5.74) is 2.29. The fourth-order valence-corrected chi connectivity index (χ4v) is 12.9. The highest BCUT2D eigenvalue weighted by Gasteiger charge is 2.53. The van der Waals surface area contributed by atoms with Crippen LogP contribution in [0.2, 0.25) is 5.04 Å². The zero-order chi connectivity index (χ0) is 58.0. The van der Waals surface area contributed by atoms with Crippen molar-refractivity contribution in [3.63, 3.8) is 0 Å². The molecule has 0 aliphatic rings. The summed E-state index contributed by atoms with van der Waals surface area (Å²) >= 11 is 0. The average Bonchev–Trinajstić information content (AvgIpc) is 3.64. The van der Waals surface area contributed by atoms with Crippen LogP contribution in [0.4, 0.5) is 0 Å². The van der Waals surface area contributed by atoms with Crippen molar-refractivity contribution < 1.29 is 80.7 Å². The molecule has 0 heterocycles. The number of hydrogen-bond acceptors (Lipinski definition) is 17. The molecule has 0 radical (unpaired) electrons. The maximum absolute atomic E-state index is 14.5. The monoisotopic (exact) mass is 1120 g/mol. The third kappa shape index (κ3) is 19.1. The molecule has 422 valence electrons. The Morgan fingerprint density at radius 1 is 0.383 bits per heavy atom. The molecule has 6 aromatic carbocycles. The van der Waals surface area contributed by atoms with Crippen molar-refractivity contribution in [2.75, 3.05) is 6.61 Å². The van der Waals surface area contributed by atoms with E-state index in [9.17, 15) is 38.4 Å². The van der Waals surface area contributed by atoms with Gasteiger partial charge in [-0.1, -0.05) is 215 Å². The van der Waals surface area contributed by atoms with Crippen LogP contribution < -0.4 is 10.4 Å². The minimum Gasteiger partial charge on any atom is -0.461 e. The second kappa shape index (κ2) is 31.0. The van der Waals surface area contributed by atoms with E-state index in [0.717, 1.165) is 10.4 Å². The highest BCUT2D eigenvalue weighted by Crippen LogP contribution is 2.38. The summed E-state index contributed by atoms with van der Waals surface area (Å²) in [5, 5.41) is 0.849. The summed E-state index contributed by atoms with van der Waals surface area (Å²) in [6.07, 6.45) is -10.3. The molecule has 18 heteroatoms. The minimum atomic E-state index is -3.62. The van der Waals surface area contributed by atoms with Gasteiger partial charge in [-0.05, 0) is 37.7 Å². The van der Waals surface area contributed by atoms with Crippen molar-refractivity contribution in [3.05, 3.63) is 217 Å². The van der Waals surface area contributed by atoms with Crippen molar-refractivity contribution in [1.82, 2.24) is 0 Å². The molecule has 6 rings (SSSR count). The van der Waals surface area contributed by atoms with Crippen molar-refractivity contribution in [2.45, 2.75) is 102 Å². The van der Waals surface area contributed by atoms with Gasteiger partial charge in [0, 0.05) is 0 Å². The van der Waals surface area contributed by atoms with Crippen molar-refractivity contribution >= 4 is 66.4 Å². The summed E-state index contributed by atoms with van der Waals surface area (Å²) in [6, 6.07) is 52.9. The number of rotatable bonds is 29. The van der Waals surface area contributed by atoms with E-state index in [4.69, 9.17) is 42.3 Å². The first-order valence-corrected chi connectivity index (χ1v) is 27.9. The van der Waals surface area contributed by atoms with Crippen LogP contribution in [0.1, 0.15) is 68.7 Å². The normalized spacial score (nSPS) is 12.6. The summed E-state index contributed by atoms with van der Waals surface area (Å²) in [7, 11) is -3.62. The molecule has 0 saturated carbocycles. The smallest absolute Gasteiger partial charge is 0.348 e.